The van der Waals surface area contributed by atoms with E-state index in [9.17, 15) is 19.5 Å². The molecule has 4 rings (SSSR count). The number of rotatable bonds is 8. The van der Waals surface area contributed by atoms with Crippen molar-refractivity contribution in [3.63, 3.8) is 0 Å². The highest BCUT2D eigenvalue weighted by atomic mass is 79.9. The molecule has 3 aliphatic heterocycles. The molecule has 3 fully saturated rings. The maximum Gasteiger partial charge on any atom is 0.244 e. The third-order valence-corrected chi connectivity index (χ3v) is 9.92. The number of carbonyl (C=O) groups excluding carboxylic acids is 3. The predicted molar refractivity (Wildman–Crippen MR) is 123 cm³/mol. The summed E-state index contributed by atoms with van der Waals surface area (Å²) in [6.07, 6.45) is 1.85. The standard InChI is InChI=1S/C22H28BrN3O4S/c1-24-19(28)15-16-21(30)26(9-5-6-10-27)18(22(16)11-14(23)17(15)31-22)20(29)25-12-13-7-3-2-4-8-13/h2-4,7-8,14-18,27H,5-6,9-12H2,1H3,(H,24,28)(H,25,29)/t14?,15-,16+,17-,18?,22?/m1/s1. The van der Waals surface area contributed by atoms with Crippen molar-refractivity contribution >= 4 is 45.4 Å². The summed E-state index contributed by atoms with van der Waals surface area (Å²) in [5.41, 5.74) is 0.992. The summed E-state index contributed by atoms with van der Waals surface area (Å²) in [5, 5.41) is 14.9. The third kappa shape index (κ3) is 3.78. The van der Waals surface area contributed by atoms with Crippen LogP contribution in [0, 0.1) is 11.8 Å². The van der Waals surface area contributed by atoms with E-state index in [2.05, 4.69) is 26.6 Å². The SMILES string of the molecule is CNC(=O)[C@H]1[C@@H]2SC3(CC2Br)C(C(=O)NCc2ccccc2)N(CCCCO)C(=O)[C@H]13. The molecule has 3 heterocycles. The van der Waals surface area contributed by atoms with Crippen LogP contribution in [0.3, 0.4) is 0 Å². The molecule has 1 aromatic carbocycles. The van der Waals surface area contributed by atoms with E-state index in [4.69, 9.17) is 0 Å². The van der Waals surface area contributed by atoms with Gasteiger partial charge in [-0.3, -0.25) is 14.4 Å². The number of thioether (sulfide) groups is 1. The average molecular weight is 510 g/mol. The average Bonchev–Trinajstić information content (AvgIpc) is 3.36. The zero-order valence-corrected chi connectivity index (χ0v) is 19.8. The summed E-state index contributed by atoms with van der Waals surface area (Å²) < 4.78 is -0.618. The number of amides is 3. The minimum Gasteiger partial charge on any atom is -0.396 e. The fraction of sp³-hybridized carbons (Fsp3) is 0.591. The topological polar surface area (TPSA) is 98.7 Å². The van der Waals surface area contributed by atoms with Crippen molar-refractivity contribution in [2.24, 2.45) is 11.8 Å². The number of alkyl halides is 1. The quantitative estimate of drug-likeness (QED) is 0.362. The lowest BCUT2D eigenvalue weighted by Crippen LogP contribution is -2.54. The van der Waals surface area contributed by atoms with Crippen LogP contribution in [0.15, 0.2) is 30.3 Å². The Morgan fingerprint density at radius 2 is 2.00 bits per heavy atom. The number of nitrogens with zero attached hydrogens (tertiary/aromatic N) is 1. The van der Waals surface area contributed by atoms with Crippen molar-refractivity contribution in [3.8, 4) is 0 Å². The minimum absolute atomic E-state index is 0.0297. The van der Waals surface area contributed by atoms with Crippen LogP contribution in [0.5, 0.6) is 0 Å². The summed E-state index contributed by atoms with van der Waals surface area (Å²) in [7, 11) is 1.59. The summed E-state index contributed by atoms with van der Waals surface area (Å²) in [5.74, 6) is -1.37. The summed E-state index contributed by atoms with van der Waals surface area (Å²) in [6.45, 7) is 0.836. The molecule has 168 valence electrons. The van der Waals surface area contributed by atoms with Crippen molar-refractivity contribution in [1.29, 1.82) is 0 Å². The van der Waals surface area contributed by atoms with Gasteiger partial charge in [-0.25, -0.2) is 0 Å². The van der Waals surface area contributed by atoms with Crippen LogP contribution in [0.1, 0.15) is 24.8 Å². The van der Waals surface area contributed by atoms with Gasteiger partial charge in [0.1, 0.15) is 6.04 Å². The Bertz CT molecular complexity index is 856. The number of carbonyl (C=O) groups is 3. The molecule has 3 saturated heterocycles. The van der Waals surface area contributed by atoms with Gasteiger partial charge in [0.2, 0.25) is 17.7 Å². The fourth-order valence-corrected chi connectivity index (χ4v) is 9.03. The summed E-state index contributed by atoms with van der Waals surface area (Å²) >= 11 is 5.36. The second-order valence-electron chi connectivity index (χ2n) is 8.44. The normalized spacial score (nSPS) is 33.5. The lowest BCUT2D eigenvalue weighted by molar-refractivity contribution is -0.140. The number of fused-ring (bicyclic) bond motifs is 1. The Labute approximate surface area is 194 Å². The van der Waals surface area contributed by atoms with Crippen LogP contribution in [-0.4, -0.2) is 68.8 Å². The van der Waals surface area contributed by atoms with Gasteiger partial charge >= 0.3 is 0 Å². The third-order valence-electron chi connectivity index (χ3n) is 6.70. The van der Waals surface area contributed by atoms with Gasteiger partial charge in [-0.05, 0) is 24.8 Å². The van der Waals surface area contributed by atoms with E-state index in [1.807, 2.05) is 30.3 Å². The zero-order chi connectivity index (χ0) is 22.2. The molecular formula is C22H28BrN3O4S. The molecule has 0 aromatic heterocycles. The van der Waals surface area contributed by atoms with Gasteiger partial charge in [0.25, 0.3) is 0 Å². The number of unbranched alkanes of at least 4 members (excludes halogenated alkanes) is 1. The van der Waals surface area contributed by atoms with Gasteiger partial charge < -0.3 is 20.6 Å². The second kappa shape index (κ2) is 9.11. The van der Waals surface area contributed by atoms with Crippen LogP contribution in [0.4, 0.5) is 0 Å². The van der Waals surface area contributed by atoms with Crippen LogP contribution in [-0.2, 0) is 20.9 Å². The van der Waals surface area contributed by atoms with Gasteiger partial charge in [0, 0.05) is 36.8 Å². The molecule has 1 spiro atoms. The number of hydrogen-bond acceptors (Lipinski definition) is 5. The molecule has 0 aliphatic carbocycles. The van der Waals surface area contributed by atoms with Crippen LogP contribution in [0.2, 0.25) is 0 Å². The number of nitrogens with one attached hydrogen (secondary N) is 2. The Morgan fingerprint density at radius 3 is 2.68 bits per heavy atom. The first-order valence-corrected chi connectivity index (χ1v) is 12.5. The highest BCUT2D eigenvalue weighted by molar-refractivity contribution is 9.09. The number of likely N-dealkylation sites (tertiary alicyclic amines) is 1. The van der Waals surface area contributed by atoms with E-state index in [0.717, 1.165) is 5.56 Å². The second-order valence-corrected chi connectivity index (χ2v) is 11.2. The zero-order valence-electron chi connectivity index (χ0n) is 17.4. The summed E-state index contributed by atoms with van der Waals surface area (Å²) in [4.78, 5) is 41.6. The molecule has 7 nitrogen and oxygen atoms in total. The van der Waals surface area contributed by atoms with E-state index < -0.39 is 22.6 Å². The largest absolute Gasteiger partial charge is 0.396 e. The monoisotopic (exact) mass is 509 g/mol. The Hall–Kier alpha value is -1.58. The van der Waals surface area contributed by atoms with Crippen molar-refractivity contribution in [3.05, 3.63) is 35.9 Å². The maximum atomic E-state index is 13.6. The van der Waals surface area contributed by atoms with Crippen molar-refractivity contribution < 1.29 is 19.5 Å². The Kier molecular flexibility index (Phi) is 6.65. The highest BCUT2D eigenvalue weighted by Crippen LogP contribution is 2.67. The Morgan fingerprint density at radius 1 is 1.26 bits per heavy atom. The maximum absolute atomic E-state index is 13.6. The molecule has 0 saturated carbocycles. The first-order chi connectivity index (χ1) is 14.9. The molecule has 3 amide bonds. The molecule has 6 atom stereocenters. The van der Waals surface area contributed by atoms with Gasteiger partial charge in [-0.2, -0.15) is 0 Å². The van der Waals surface area contributed by atoms with Crippen molar-refractivity contribution in [2.45, 2.75) is 46.7 Å². The number of aliphatic hydroxyl groups excluding tert-OH is 1. The van der Waals surface area contributed by atoms with E-state index in [1.165, 1.54) is 0 Å². The van der Waals surface area contributed by atoms with Crippen LogP contribution < -0.4 is 10.6 Å². The Balaban J connectivity index is 1.64. The molecular weight excluding hydrogens is 482 g/mol. The van der Waals surface area contributed by atoms with Gasteiger partial charge in [0.15, 0.2) is 0 Å². The van der Waals surface area contributed by atoms with Gasteiger partial charge in [0.05, 0.1) is 16.6 Å². The molecule has 1 aromatic rings. The van der Waals surface area contributed by atoms with E-state index in [1.54, 1.807) is 23.7 Å². The molecule has 0 radical (unpaired) electrons. The smallest absolute Gasteiger partial charge is 0.244 e. The molecule has 3 unspecified atom stereocenters. The lowest BCUT2D eigenvalue weighted by atomic mass is 9.70. The minimum atomic E-state index is -0.628. The number of halogens is 1. The van der Waals surface area contributed by atoms with Gasteiger partial charge in [-0.1, -0.05) is 46.3 Å². The van der Waals surface area contributed by atoms with Crippen LogP contribution >= 0.6 is 27.7 Å². The first kappa shape index (κ1) is 22.6. The summed E-state index contributed by atoms with van der Waals surface area (Å²) in [6, 6.07) is 9.05. The molecule has 9 heteroatoms. The van der Waals surface area contributed by atoms with Crippen molar-refractivity contribution in [1.82, 2.24) is 15.5 Å². The fourth-order valence-electron chi connectivity index (χ4n) is 5.41. The van der Waals surface area contributed by atoms with Crippen LogP contribution in [0.25, 0.3) is 0 Å². The number of aliphatic hydroxyl groups is 1. The predicted octanol–water partition coefficient (Wildman–Crippen LogP) is 1.29. The number of benzene rings is 1. The highest BCUT2D eigenvalue weighted by Gasteiger charge is 2.75. The van der Waals surface area contributed by atoms with E-state index in [-0.39, 0.29) is 34.4 Å². The van der Waals surface area contributed by atoms with Crippen molar-refractivity contribution in [2.75, 3.05) is 20.2 Å². The van der Waals surface area contributed by atoms with Gasteiger partial charge in [-0.15, -0.1) is 11.8 Å². The lowest BCUT2D eigenvalue weighted by Gasteiger charge is -2.35. The van der Waals surface area contributed by atoms with E-state index in [0.29, 0.717) is 32.4 Å². The number of hydrogen-bond donors (Lipinski definition) is 3. The van der Waals surface area contributed by atoms with E-state index >= 15 is 0 Å². The molecule has 3 aliphatic rings. The first-order valence-electron chi connectivity index (χ1n) is 10.7. The molecule has 31 heavy (non-hydrogen) atoms. The molecule has 3 N–H and O–H groups in total. The molecule has 2 bridgehead atoms.